The first-order chi connectivity index (χ1) is 8.05. The summed E-state index contributed by atoms with van der Waals surface area (Å²) in [6.07, 6.45) is 4.32. The number of rotatable bonds is 4. The lowest BCUT2D eigenvalue weighted by Gasteiger charge is -2.31. The topological polar surface area (TPSA) is 46.2 Å². The SMILES string of the molecule is CC(C)C(O)(CN)Cc1ccc2c(c1)CCC2. The first-order valence-electron chi connectivity index (χ1n) is 6.58. The molecule has 2 nitrogen and oxygen atoms in total. The molecule has 2 heteroatoms. The standard InChI is InChI=1S/C15H23NO/c1-11(2)15(17,10-16)9-12-6-7-13-4-3-5-14(13)8-12/h6-8,11,17H,3-5,9-10,16H2,1-2H3. The molecule has 0 aliphatic heterocycles. The maximum Gasteiger partial charge on any atom is 0.0832 e. The highest BCUT2D eigenvalue weighted by Crippen LogP contribution is 2.26. The summed E-state index contributed by atoms with van der Waals surface area (Å²) in [5.74, 6) is 0.181. The Morgan fingerprint density at radius 3 is 2.65 bits per heavy atom. The van der Waals surface area contributed by atoms with Crippen molar-refractivity contribution >= 4 is 0 Å². The molecule has 0 heterocycles. The zero-order valence-corrected chi connectivity index (χ0v) is 10.9. The van der Waals surface area contributed by atoms with Crippen LogP contribution in [-0.4, -0.2) is 17.3 Å². The molecule has 1 unspecified atom stereocenters. The first kappa shape index (κ1) is 12.6. The minimum absolute atomic E-state index is 0.181. The molecule has 0 saturated carbocycles. The van der Waals surface area contributed by atoms with E-state index in [4.69, 9.17) is 5.73 Å². The minimum Gasteiger partial charge on any atom is -0.388 e. The van der Waals surface area contributed by atoms with Gasteiger partial charge in [-0.2, -0.15) is 0 Å². The van der Waals surface area contributed by atoms with Crippen molar-refractivity contribution in [2.45, 2.75) is 45.1 Å². The van der Waals surface area contributed by atoms with Gasteiger partial charge in [0.1, 0.15) is 0 Å². The number of aliphatic hydroxyl groups is 1. The van der Waals surface area contributed by atoms with Crippen LogP contribution >= 0.6 is 0 Å². The van der Waals surface area contributed by atoms with Gasteiger partial charge in [-0.1, -0.05) is 32.0 Å². The summed E-state index contributed by atoms with van der Waals surface area (Å²) in [6.45, 7) is 4.38. The Labute approximate surface area is 104 Å². The monoisotopic (exact) mass is 233 g/mol. The largest absolute Gasteiger partial charge is 0.388 e. The van der Waals surface area contributed by atoms with E-state index in [0.29, 0.717) is 13.0 Å². The fourth-order valence-corrected chi connectivity index (χ4v) is 2.60. The van der Waals surface area contributed by atoms with Crippen LogP contribution in [-0.2, 0) is 19.3 Å². The lowest BCUT2D eigenvalue weighted by molar-refractivity contribution is 0.00407. The average molecular weight is 233 g/mol. The van der Waals surface area contributed by atoms with Crippen LogP contribution in [0.1, 0.15) is 37.0 Å². The molecular formula is C15H23NO. The van der Waals surface area contributed by atoms with Gasteiger partial charge in [-0.15, -0.1) is 0 Å². The van der Waals surface area contributed by atoms with Gasteiger partial charge in [0.2, 0.25) is 0 Å². The number of fused-ring (bicyclic) bond motifs is 1. The predicted octanol–water partition coefficient (Wildman–Crippen LogP) is 2.06. The van der Waals surface area contributed by atoms with Gasteiger partial charge in [0.05, 0.1) is 5.60 Å². The fraction of sp³-hybridized carbons (Fsp3) is 0.600. The van der Waals surface area contributed by atoms with E-state index in [0.717, 1.165) is 0 Å². The third kappa shape index (κ3) is 2.53. The average Bonchev–Trinajstić information content (AvgIpc) is 2.75. The molecule has 2 rings (SSSR count). The summed E-state index contributed by atoms with van der Waals surface area (Å²) in [7, 11) is 0. The number of aryl methyl sites for hydroxylation is 2. The van der Waals surface area contributed by atoms with Crippen molar-refractivity contribution < 1.29 is 5.11 Å². The normalized spacial score (nSPS) is 18.2. The van der Waals surface area contributed by atoms with Crippen molar-refractivity contribution in [3.05, 3.63) is 34.9 Å². The van der Waals surface area contributed by atoms with Crippen LogP contribution < -0.4 is 5.73 Å². The molecule has 1 aliphatic carbocycles. The van der Waals surface area contributed by atoms with Crippen molar-refractivity contribution in [1.82, 2.24) is 0 Å². The molecule has 1 aromatic rings. The lowest BCUT2D eigenvalue weighted by atomic mass is 9.84. The number of hydrogen-bond acceptors (Lipinski definition) is 2. The molecule has 3 N–H and O–H groups in total. The summed E-state index contributed by atoms with van der Waals surface area (Å²) in [4.78, 5) is 0. The molecule has 0 fully saturated rings. The smallest absolute Gasteiger partial charge is 0.0832 e. The van der Waals surface area contributed by atoms with Gasteiger partial charge in [0.15, 0.2) is 0 Å². The summed E-state index contributed by atoms with van der Waals surface area (Å²) < 4.78 is 0. The summed E-state index contributed by atoms with van der Waals surface area (Å²) in [5.41, 5.74) is 9.11. The molecule has 94 valence electrons. The summed E-state index contributed by atoms with van der Waals surface area (Å²) in [6, 6.07) is 6.62. The van der Waals surface area contributed by atoms with Crippen LogP contribution in [0, 0.1) is 5.92 Å². The van der Waals surface area contributed by atoms with E-state index in [1.54, 1.807) is 0 Å². The Bertz CT molecular complexity index is 400. The predicted molar refractivity (Wildman–Crippen MR) is 71.0 cm³/mol. The van der Waals surface area contributed by atoms with Crippen LogP contribution in [0.4, 0.5) is 0 Å². The molecule has 0 saturated heterocycles. The van der Waals surface area contributed by atoms with Crippen molar-refractivity contribution in [3.63, 3.8) is 0 Å². The molecule has 1 atom stereocenters. The van der Waals surface area contributed by atoms with Gasteiger partial charge in [0, 0.05) is 13.0 Å². The van der Waals surface area contributed by atoms with E-state index in [1.807, 2.05) is 13.8 Å². The van der Waals surface area contributed by atoms with Gasteiger partial charge in [0.25, 0.3) is 0 Å². The second kappa shape index (κ2) is 4.79. The van der Waals surface area contributed by atoms with Gasteiger partial charge >= 0.3 is 0 Å². The highest BCUT2D eigenvalue weighted by Gasteiger charge is 2.29. The van der Waals surface area contributed by atoms with Crippen molar-refractivity contribution in [1.29, 1.82) is 0 Å². The molecule has 0 aromatic heterocycles. The van der Waals surface area contributed by atoms with E-state index in [-0.39, 0.29) is 5.92 Å². The molecule has 1 aliphatic rings. The molecule has 17 heavy (non-hydrogen) atoms. The molecule has 0 spiro atoms. The maximum absolute atomic E-state index is 10.5. The van der Waals surface area contributed by atoms with Crippen LogP contribution in [0.3, 0.4) is 0 Å². The van der Waals surface area contributed by atoms with E-state index < -0.39 is 5.60 Å². The maximum atomic E-state index is 10.5. The zero-order valence-electron chi connectivity index (χ0n) is 10.9. The van der Waals surface area contributed by atoms with E-state index in [9.17, 15) is 5.11 Å². The van der Waals surface area contributed by atoms with Crippen LogP contribution in [0.5, 0.6) is 0 Å². The Kier molecular flexibility index (Phi) is 3.55. The minimum atomic E-state index is -0.771. The lowest BCUT2D eigenvalue weighted by Crippen LogP contribution is -2.44. The highest BCUT2D eigenvalue weighted by atomic mass is 16.3. The highest BCUT2D eigenvalue weighted by molar-refractivity contribution is 5.35. The van der Waals surface area contributed by atoms with E-state index in [2.05, 4.69) is 18.2 Å². The summed E-state index contributed by atoms with van der Waals surface area (Å²) >= 11 is 0. The number of hydrogen-bond donors (Lipinski definition) is 2. The molecular weight excluding hydrogens is 210 g/mol. The van der Waals surface area contributed by atoms with Crippen LogP contribution in [0.25, 0.3) is 0 Å². The van der Waals surface area contributed by atoms with Crippen molar-refractivity contribution in [2.24, 2.45) is 11.7 Å². The van der Waals surface area contributed by atoms with E-state index >= 15 is 0 Å². The molecule has 0 radical (unpaired) electrons. The third-order valence-electron chi connectivity index (χ3n) is 4.10. The van der Waals surface area contributed by atoms with Crippen molar-refractivity contribution in [2.75, 3.05) is 6.54 Å². The molecule has 1 aromatic carbocycles. The Balaban J connectivity index is 2.18. The van der Waals surface area contributed by atoms with Gasteiger partial charge in [-0.3, -0.25) is 0 Å². The Morgan fingerprint density at radius 2 is 2.00 bits per heavy atom. The number of benzene rings is 1. The fourth-order valence-electron chi connectivity index (χ4n) is 2.60. The van der Waals surface area contributed by atoms with Gasteiger partial charge in [-0.25, -0.2) is 0 Å². The molecule has 0 bridgehead atoms. The van der Waals surface area contributed by atoms with Gasteiger partial charge in [-0.05, 0) is 41.9 Å². The van der Waals surface area contributed by atoms with Crippen molar-refractivity contribution in [3.8, 4) is 0 Å². The van der Waals surface area contributed by atoms with E-state index in [1.165, 1.54) is 36.0 Å². The zero-order chi connectivity index (χ0) is 12.5. The second-order valence-corrected chi connectivity index (χ2v) is 5.60. The first-order valence-corrected chi connectivity index (χ1v) is 6.58. The molecule has 0 amide bonds. The van der Waals surface area contributed by atoms with Crippen LogP contribution in [0.15, 0.2) is 18.2 Å². The Morgan fingerprint density at radius 1 is 1.29 bits per heavy atom. The summed E-state index contributed by atoms with van der Waals surface area (Å²) in [5, 5.41) is 10.5. The quantitative estimate of drug-likeness (QED) is 0.836. The Hall–Kier alpha value is -0.860. The van der Waals surface area contributed by atoms with Gasteiger partial charge < -0.3 is 10.8 Å². The van der Waals surface area contributed by atoms with Crippen LogP contribution in [0.2, 0.25) is 0 Å². The third-order valence-corrected chi connectivity index (χ3v) is 4.10. The number of nitrogens with two attached hydrogens (primary N) is 1. The second-order valence-electron chi connectivity index (χ2n) is 5.60.